The lowest BCUT2D eigenvalue weighted by atomic mass is 10.1. The number of hydrogen-bond donors (Lipinski definition) is 0. The van der Waals surface area contributed by atoms with E-state index in [9.17, 15) is 13.2 Å². The van der Waals surface area contributed by atoms with Gasteiger partial charge < -0.3 is 9.15 Å². The van der Waals surface area contributed by atoms with Crippen molar-refractivity contribution in [1.82, 2.24) is 0 Å². The van der Waals surface area contributed by atoms with E-state index in [2.05, 4.69) is 0 Å². The van der Waals surface area contributed by atoms with Gasteiger partial charge in [-0.25, -0.2) is 0 Å². The van der Waals surface area contributed by atoms with Gasteiger partial charge in [-0.05, 0) is 30.3 Å². The van der Waals surface area contributed by atoms with Crippen LogP contribution in [0.3, 0.4) is 0 Å². The molecule has 0 amide bonds. The van der Waals surface area contributed by atoms with Gasteiger partial charge in [0, 0.05) is 5.56 Å². The summed E-state index contributed by atoms with van der Waals surface area (Å²) in [5.41, 5.74) is -0.634. The fourth-order valence-corrected chi connectivity index (χ4v) is 1.58. The van der Waals surface area contributed by atoms with E-state index in [1.165, 1.54) is 25.3 Å². The normalized spacial score (nSPS) is 11.1. The van der Waals surface area contributed by atoms with Gasteiger partial charge in [-0.1, -0.05) is 0 Å². The van der Waals surface area contributed by atoms with Gasteiger partial charge in [0.05, 0.1) is 12.7 Å². The molecule has 0 saturated heterocycles. The van der Waals surface area contributed by atoms with Crippen molar-refractivity contribution in [3.05, 3.63) is 41.7 Å². The zero-order valence-electron chi connectivity index (χ0n) is 9.78. The lowest BCUT2D eigenvalue weighted by Gasteiger charge is -2.10. The lowest BCUT2D eigenvalue weighted by Crippen LogP contribution is -2.05. The number of benzene rings is 1. The second-order valence-corrected chi connectivity index (χ2v) is 3.72. The van der Waals surface area contributed by atoms with Gasteiger partial charge in [0.15, 0.2) is 0 Å². The maximum atomic E-state index is 12.7. The second-order valence-electron chi connectivity index (χ2n) is 3.72. The smallest absolute Gasteiger partial charge is 0.416 e. The third-order valence-corrected chi connectivity index (χ3v) is 2.47. The molecular weight excluding hydrogens is 259 g/mol. The molecule has 1 aromatic carbocycles. The monoisotopic (exact) mass is 267 g/mol. The first-order valence-electron chi connectivity index (χ1n) is 5.20. The minimum atomic E-state index is -4.48. The molecule has 6 heteroatoms. The summed E-state index contributed by atoms with van der Waals surface area (Å²) in [5.74, 6) is 0.284. The Morgan fingerprint density at radius 3 is 2.47 bits per heavy atom. The molecule has 0 unspecified atom stereocenters. The number of nitriles is 1. The molecule has 2 aromatic rings. The minimum Gasteiger partial charge on any atom is -0.497 e. The third-order valence-electron chi connectivity index (χ3n) is 2.47. The summed E-state index contributed by atoms with van der Waals surface area (Å²) in [7, 11) is 1.28. The molecule has 3 nitrogen and oxygen atoms in total. The Labute approximate surface area is 106 Å². The van der Waals surface area contributed by atoms with Gasteiger partial charge in [0.25, 0.3) is 0 Å². The van der Waals surface area contributed by atoms with Crippen LogP contribution in [0.1, 0.15) is 11.3 Å². The fourth-order valence-electron chi connectivity index (χ4n) is 1.58. The standard InChI is InChI=1S/C13H8F3NO2/c1-18-11-5-8(4-9(6-11)13(14,15)16)12-3-2-10(7-17)19-12/h2-6H,1H3. The van der Waals surface area contributed by atoms with Crippen molar-refractivity contribution in [2.75, 3.05) is 7.11 Å². The summed E-state index contributed by atoms with van der Waals surface area (Å²) in [4.78, 5) is 0. The largest absolute Gasteiger partial charge is 0.497 e. The van der Waals surface area contributed by atoms with Crippen LogP contribution in [0.25, 0.3) is 11.3 Å². The van der Waals surface area contributed by atoms with Gasteiger partial charge in [0.1, 0.15) is 17.6 Å². The van der Waals surface area contributed by atoms with E-state index >= 15 is 0 Å². The van der Waals surface area contributed by atoms with E-state index < -0.39 is 11.7 Å². The molecule has 0 aliphatic carbocycles. The Bertz CT molecular complexity index is 638. The molecule has 1 heterocycles. The number of methoxy groups -OCH3 is 1. The topological polar surface area (TPSA) is 46.2 Å². The molecule has 0 saturated carbocycles. The first-order valence-corrected chi connectivity index (χ1v) is 5.20. The van der Waals surface area contributed by atoms with Crippen LogP contribution in [0, 0.1) is 11.3 Å². The van der Waals surface area contributed by atoms with E-state index in [0.717, 1.165) is 12.1 Å². The molecule has 0 spiro atoms. The lowest BCUT2D eigenvalue weighted by molar-refractivity contribution is -0.137. The average Bonchev–Trinajstić information content (AvgIpc) is 2.86. The van der Waals surface area contributed by atoms with Crippen molar-refractivity contribution >= 4 is 0 Å². The highest BCUT2D eigenvalue weighted by atomic mass is 19.4. The van der Waals surface area contributed by atoms with E-state index in [1.54, 1.807) is 6.07 Å². The summed E-state index contributed by atoms with van der Waals surface area (Å²) in [6, 6.07) is 7.86. The average molecular weight is 267 g/mol. The van der Waals surface area contributed by atoms with Crippen molar-refractivity contribution in [2.45, 2.75) is 6.18 Å². The number of nitrogens with zero attached hydrogens (tertiary/aromatic N) is 1. The number of halogens is 3. The number of furan rings is 1. The zero-order chi connectivity index (χ0) is 14.0. The molecule has 0 fully saturated rings. The molecule has 0 radical (unpaired) electrons. The van der Waals surface area contributed by atoms with Gasteiger partial charge in [0.2, 0.25) is 5.76 Å². The number of ether oxygens (including phenoxy) is 1. The molecule has 0 atom stereocenters. The summed E-state index contributed by atoms with van der Waals surface area (Å²) < 4.78 is 48.1. The van der Waals surface area contributed by atoms with Crippen LogP contribution in [0.15, 0.2) is 34.7 Å². The van der Waals surface area contributed by atoms with E-state index in [0.29, 0.717) is 0 Å². The van der Waals surface area contributed by atoms with Crippen LogP contribution in [0.5, 0.6) is 5.75 Å². The predicted octanol–water partition coefficient (Wildman–Crippen LogP) is 3.85. The summed E-state index contributed by atoms with van der Waals surface area (Å²) >= 11 is 0. The maximum Gasteiger partial charge on any atom is 0.416 e. The SMILES string of the molecule is COc1cc(-c2ccc(C#N)o2)cc(C(F)(F)F)c1. The Morgan fingerprint density at radius 1 is 1.21 bits per heavy atom. The van der Waals surface area contributed by atoms with Gasteiger partial charge in [-0.3, -0.25) is 0 Å². The van der Waals surface area contributed by atoms with E-state index in [1.807, 2.05) is 0 Å². The fraction of sp³-hybridized carbons (Fsp3) is 0.154. The predicted molar refractivity (Wildman–Crippen MR) is 60.4 cm³/mol. The van der Waals surface area contributed by atoms with E-state index in [4.69, 9.17) is 14.4 Å². The number of alkyl halides is 3. The molecule has 0 N–H and O–H groups in total. The van der Waals surface area contributed by atoms with Crippen molar-refractivity contribution in [3.8, 4) is 23.1 Å². The van der Waals surface area contributed by atoms with Crippen LogP contribution in [-0.2, 0) is 6.18 Å². The molecule has 0 aliphatic rings. The molecule has 2 rings (SSSR count). The molecule has 0 bridgehead atoms. The van der Waals surface area contributed by atoms with Crippen LogP contribution in [0.4, 0.5) is 13.2 Å². The highest BCUT2D eigenvalue weighted by molar-refractivity contribution is 5.62. The highest BCUT2D eigenvalue weighted by Gasteiger charge is 2.31. The molecule has 98 valence electrons. The Kier molecular flexibility index (Phi) is 3.21. The van der Waals surface area contributed by atoms with Crippen molar-refractivity contribution in [2.24, 2.45) is 0 Å². The summed E-state index contributed by atoms with van der Waals surface area (Å²) in [6.45, 7) is 0. The quantitative estimate of drug-likeness (QED) is 0.830. The first kappa shape index (κ1) is 13.0. The Morgan fingerprint density at radius 2 is 1.95 bits per heavy atom. The second kappa shape index (κ2) is 4.69. The Hall–Kier alpha value is -2.42. The molecule has 1 aromatic heterocycles. The third kappa shape index (κ3) is 2.71. The Balaban J connectivity index is 2.54. The number of hydrogen-bond acceptors (Lipinski definition) is 3. The number of rotatable bonds is 2. The van der Waals surface area contributed by atoms with Gasteiger partial charge in [-0.2, -0.15) is 18.4 Å². The van der Waals surface area contributed by atoms with Crippen LogP contribution < -0.4 is 4.74 Å². The van der Waals surface area contributed by atoms with Crippen LogP contribution in [-0.4, -0.2) is 7.11 Å². The van der Waals surface area contributed by atoms with Crippen LogP contribution >= 0.6 is 0 Å². The van der Waals surface area contributed by atoms with Gasteiger partial charge >= 0.3 is 6.18 Å². The maximum absolute atomic E-state index is 12.7. The summed E-state index contributed by atoms with van der Waals surface area (Å²) in [5, 5.41) is 8.63. The van der Waals surface area contributed by atoms with Crippen molar-refractivity contribution in [3.63, 3.8) is 0 Å². The molecule has 19 heavy (non-hydrogen) atoms. The van der Waals surface area contributed by atoms with E-state index in [-0.39, 0.29) is 22.8 Å². The molecule has 0 aliphatic heterocycles. The highest BCUT2D eigenvalue weighted by Crippen LogP contribution is 2.35. The minimum absolute atomic E-state index is 0.0337. The molecular formula is C13H8F3NO2. The summed E-state index contributed by atoms with van der Waals surface area (Å²) in [6.07, 6.45) is -4.48. The van der Waals surface area contributed by atoms with Crippen LogP contribution in [0.2, 0.25) is 0 Å². The van der Waals surface area contributed by atoms with Gasteiger partial charge in [-0.15, -0.1) is 0 Å². The van der Waals surface area contributed by atoms with Crippen molar-refractivity contribution < 1.29 is 22.3 Å². The first-order chi connectivity index (χ1) is 8.94. The van der Waals surface area contributed by atoms with Crippen molar-refractivity contribution in [1.29, 1.82) is 5.26 Å². The zero-order valence-corrected chi connectivity index (χ0v) is 9.78.